The molecule has 1 aromatic rings. The molecule has 17 heavy (non-hydrogen) atoms. The van der Waals surface area contributed by atoms with Crippen molar-refractivity contribution in [2.24, 2.45) is 0 Å². The van der Waals surface area contributed by atoms with Gasteiger partial charge < -0.3 is 5.32 Å². The quantitative estimate of drug-likeness (QED) is 0.689. The van der Waals surface area contributed by atoms with E-state index >= 15 is 0 Å². The molecule has 5 heteroatoms. The van der Waals surface area contributed by atoms with E-state index in [1.807, 2.05) is 13.8 Å². The van der Waals surface area contributed by atoms with Crippen molar-refractivity contribution >= 4 is 17.5 Å². The number of amides is 2. The van der Waals surface area contributed by atoms with Gasteiger partial charge in [-0.25, -0.2) is 5.43 Å². The van der Waals surface area contributed by atoms with Crippen LogP contribution < -0.4 is 16.2 Å². The second kappa shape index (κ2) is 6.00. The first-order valence-corrected chi connectivity index (χ1v) is 5.42. The highest BCUT2D eigenvalue weighted by Gasteiger charge is 2.06. The second-order valence-corrected chi connectivity index (χ2v) is 4.02. The highest BCUT2D eigenvalue weighted by atomic mass is 16.2. The molecule has 5 nitrogen and oxygen atoms in total. The summed E-state index contributed by atoms with van der Waals surface area (Å²) >= 11 is 0. The minimum Gasteiger partial charge on any atom is -0.326 e. The minimum absolute atomic E-state index is 0.164. The van der Waals surface area contributed by atoms with Crippen LogP contribution in [0, 0.1) is 0 Å². The van der Waals surface area contributed by atoms with Crippen molar-refractivity contribution in [3.63, 3.8) is 0 Å². The maximum Gasteiger partial charge on any atom is 0.265 e. The predicted octanol–water partition coefficient (Wildman–Crippen LogP) is 1.29. The molecule has 0 aliphatic heterocycles. The van der Waals surface area contributed by atoms with Gasteiger partial charge in [0.15, 0.2) is 0 Å². The third kappa shape index (κ3) is 4.65. The van der Waals surface area contributed by atoms with Crippen LogP contribution in [-0.4, -0.2) is 17.9 Å². The van der Waals surface area contributed by atoms with E-state index in [1.54, 1.807) is 24.3 Å². The second-order valence-electron chi connectivity index (χ2n) is 4.02. The van der Waals surface area contributed by atoms with Crippen LogP contribution in [0.3, 0.4) is 0 Å². The number of nitrogens with one attached hydrogen (secondary N) is 3. The Morgan fingerprint density at radius 2 is 1.94 bits per heavy atom. The number of carbonyl (C=O) groups excluding carboxylic acids is 2. The van der Waals surface area contributed by atoms with Crippen molar-refractivity contribution < 1.29 is 9.59 Å². The first-order chi connectivity index (χ1) is 7.99. The summed E-state index contributed by atoms with van der Waals surface area (Å²) < 4.78 is 0. The summed E-state index contributed by atoms with van der Waals surface area (Å²) in [4.78, 5) is 22.6. The molecular formula is C12H17N3O2. The summed E-state index contributed by atoms with van der Waals surface area (Å²) in [6.07, 6.45) is 0. The van der Waals surface area contributed by atoms with E-state index in [9.17, 15) is 9.59 Å². The van der Waals surface area contributed by atoms with Crippen molar-refractivity contribution in [2.75, 3.05) is 5.32 Å². The van der Waals surface area contributed by atoms with E-state index in [1.165, 1.54) is 6.92 Å². The molecule has 2 amide bonds. The number of hydrazine groups is 1. The van der Waals surface area contributed by atoms with Crippen molar-refractivity contribution in [3.8, 4) is 0 Å². The number of benzene rings is 1. The molecule has 1 rings (SSSR count). The topological polar surface area (TPSA) is 70.2 Å². The number of anilines is 1. The molecule has 0 saturated carbocycles. The van der Waals surface area contributed by atoms with Crippen LogP contribution in [-0.2, 0) is 4.79 Å². The molecule has 0 aliphatic carbocycles. The van der Waals surface area contributed by atoms with Crippen LogP contribution in [0.15, 0.2) is 24.3 Å². The van der Waals surface area contributed by atoms with Gasteiger partial charge in [0.2, 0.25) is 5.91 Å². The molecule has 0 unspecified atom stereocenters. The Morgan fingerprint density at radius 1 is 1.24 bits per heavy atom. The maximum atomic E-state index is 11.7. The van der Waals surface area contributed by atoms with Gasteiger partial charge in [-0.05, 0) is 32.0 Å². The zero-order valence-electron chi connectivity index (χ0n) is 10.2. The Labute approximate surface area is 101 Å². The van der Waals surface area contributed by atoms with Crippen LogP contribution in [0.5, 0.6) is 0 Å². The number of hydrogen-bond acceptors (Lipinski definition) is 3. The van der Waals surface area contributed by atoms with E-state index in [-0.39, 0.29) is 17.9 Å². The summed E-state index contributed by atoms with van der Waals surface area (Å²) in [6, 6.07) is 6.92. The van der Waals surface area contributed by atoms with Gasteiger partial charge >= 0.3 is 0 Å². The molecule has 0 spiro atoms. The Morgan fingerprint density at radius 3 is 2.53 bits per heavy atom. The Bertz CT molecular complexity index is 416. The SMILES string of the molecule is CC(=O)Nc1cccc(C(=O)NNC(C)C)c1. The minimum atomic E-state index is -0.231. The van der Waals surface area contributed by atoms with Crippen LogP contribution >= 0.6 is 0 Å². The average Bonchev–Trinajstić information content (AvgIpc) is 2.25. The zero-order valence-corrected chi connectivity index (χ0v) is 10.2. The summed E-state index contributed by atoms with van der Waals surface area (Å²) in [5, 5.41) is 2.63. The zero-order chi connectivity index (χ0) is 12.8. The van der Waals surface area contributed by atoms with E-state index in [4.69, 9.17) is 0 Å². The van der Waals surface area contributed by atoms with Crippen LogP contribution in [0.25, 0.3) is 0 Å². The average molecular weight is 235 g/mol. The fraction of sp³-hybridized carbons (Fsp3) is 0.333. The van der Waals surface area contributed by atoms with Gasteiger partial charge in [0.05, 0.1) is 0 Å². The molecule has 0 heterocycles. The molecule has 1 aromatic carbocycles. The molecule has 0 atom stereocenters. The van der Waals surface area contributed by atoms with Gasteiger partial charge in [-0.3, -0.25) is 15.0 Å². The molecule has 3 N–H and O–H groups in total. The largest absolute Gasteiger partial charge is 0.326 e. The lowest BCUT2D eigenvalue weighted by Gasteiger charge is -2.10. The highest BCUT2D eigenvalue weighted by molar-refractivity contribution is 5.96. The lowest BCUT2D eigenvalue weighted by molar-refractivity contribution is -0.114. The summed E-state index contributed by atoms with van der Waals surface area (Å²) in [6.45, 7) is 5.27. The normalized spacial score (nSPS) is 10.1. The molecule has 0 saturated heterocycles. The predicted molar refractivity (Wildman–Crippen MR) is 66.5 cm³/mol. The monoisotopic (exact) mass is 235 g/mol. The third-order valence-electron chi connectivity index (χ3n) is 1.92. The lowest BCUT2D eigenvalue weighted by Crippen LogP contribution is -2.41. The maximum absolute atomic E-state index is 11.7. The van der Waals surface area contributed by atoms with Crippen LogP contribution in [0.2, 0.25) is 0 Å². The Hall–Kier alpha value is -1.88. The van der Waals surface area contributed by atoms with Crippen molar-refractivity contribution in [1.29, 1.82) is 0 Å². The number of hydrogen-bond donors (Lipinski definition) is 3. The molecule has 0 fully saturated rings. The van der Waals surface area contributed by atoms with Crippen molar-refractivity contribution in [1.82, 2.24) is 10.9 Å². The molecule has 0 radical (unpaired) electrons. The number of carbonyl (C=O) groups is 2. The first-order valence-electron chi connectivity index (χ1n) is 5.42. The van der Waals surface area contributed by atoms with E-state index in [0.29, 0.717) is 11.3 Å². The molecule has 0 aliphatic rings. The standard InChI is InChI=1S/C12H17N3O2/c1-8(2)14-15-12(17)10-5-4-6-11(7-10)13-9(3)16/h4-8,14H,1-3H3,(H,13,16)(H,15,17). The van der Waals surface area contributed by atoms with Gasteiger partial charge in [0.25, 0.3) is 5.91 Å². The van der Waals surface area contributed by atoms with Gasteiger partial charge in [0.1, 0.15) is 0 Å². The fourth-order valence-electron chi connectivity index (χ4n) is 1.22. The van der Waals surface area contributed by atoms with Crippen LogP contribution in [0.4, 0.5) is 5.69 Å². The molecule has 0 bridgehead atoms. The summed E-state index contributed by atoms with van der Waals surface area (Å²) in [5.74, 6) is -0.395. The number of rotatable bonds is 4. The molecular weight excluding hydrogens is 218 g/mol. The van der Waals surface area contributed by atoms with Gasteiger partial charge in [-0.15, -0.1) is 0 Å². The highest BCUT2D eigenvalue weighted by Crippen LogP contribution is 2.10. The fourth-order valence-corrected chi connectivity index (χ4v) is 1.22. The third-order valence-corrected chi connectivity index (χ3v) is 1.92. The van der Waals surface area contributed by atoms with E-state index in [0.717, 1.165) is 0 Å². The summed E-state index contributed by atoms with van der Waals surface area (Å²) in [5.41, 5.74) is 6.49. The molecule has 0 aromatic heterocycles. The van der Waals surface area contributed by atoms with Gasteiger partial charge in [0, 0.05) is 24.2 Å². The summed E-state index contributed by atoms with van der Waals surface area (Å²) in [7, 11) is 0. The Kier molecular flexibility index (Phi) is 4.66. The smallest absolute Gasteiger partial charge is 0.265 e. The van der Waals surface area contributed by atoms with Crippen molar-refractivity contribution in [3.05, 3.63) is 29.8 Å². The first kappa shape index (κ1) is 13.2. The van der Waals surface area contributed by atoms with Gasteiger partial charge in [-0.1, -0.05) is 6.07 Å². The lowest BCUT2D eigenvalue weighted by atomic mass is 10.2. The van der Waals surface area contributed by atoms with E-state index < -0.39 is 0 Å². The van der Waals surface area contributed by atoms with Gasteiger partial charge in [-0.2, -0.15) is 0 Å². The van der Waals surface area contributed by atoms with E-state index in [2.05, 4.69) is 16.2 Å². The Balaban J connectivity index is 2.70. The molecule has 92 valence electrons. The van der Waals surface area contributed by atoms with Crippen LogP contribution in [0.1, 0.15) is 31.1 Å². The van der Waals surface area contributed by atoms with Crippen molar-refractivity contribution in [2.45, 2.75) is 26.8 Å².